The molecule has 0 bridgehead atoms. The molecule has 0 heterocycles. The topological polar surface area (TPSA) is 57.6 Å². The Morgan fingerprint density at radius 2 is 1.65 bits per heavy atom. The average molecular weight is 257 g/mol. The van der Waals surface area contributed by atoms with Gasteiger partial charge in [-0.1, -0.05) is 20.8 Å². The van der Waals surface area contributed by atoms with Crippen molar-refractivity contribution in [2.75, 3.05) is 13.6 Å². The van der Waals surface area contributed by atoms with Crippen LogP contribution in [0.4, 0.5) is 0 Å². The van der Waals surface area contributed by atoms with Crippen LogP contribution in [0.2, 0.25) is 0 Å². The first-order chi connectivity index (χ1) is 7.63. The van der Waals surface area contributed by atoms with Gasteiger partial charge in [0.25, 0.3) is 0 Å². The number of phenols is 1. The van der Waals surface area contributed by atoms with Gasteiger partial charge < -0.3 is 5.11 Å². The van der Waals surface area contributed by atoms with Crippen molar-refractivity contribution in [2.24, 2.45) is 5.41 Å². The standard InChI is InChI=1S/C12H19NO3S/c1-12(2,3)9-13(4)17(15,16)11-7-5-10(14)6-8-11/h5-8,14H,9H2,1-4H3. The van der Waals surface area contributed by atoms with Gasteiger partial charge in [-0.2, -0.15) is 0 Å². The number of sulfonamides is 1. The van der Waals surface area contributed by atoms with Gasteiger partial charge in [0.2, 0.25) is 10.0 Å². The molecule has 0 aromatic heterocycles. The summed E-state index contributed by atoms with van der Waals surface area (Å²) >= 11 is 0. The van der Waals surface area contributed by atoms with Crippen molar-refractivity contribution < 1.29 is 13.5 Å². The molecule has 1 rings (SSSR count). The zero-order chi connectivity index (χ0) is 13.3. The second-order valence-electron chi connectivity index (χ2n) is 5.32. The lowest BCUT2D eigenvalue weighted by Gasteiger charge is -2.26. The van der Waals surface area contributed by atoms with Crippen LogP contribution >= 0.6 is 0 Å². The van der Waals surface area contributed by atoms with E-state index in [1.165, 1.54) is 28.6 Å². The zero-order valence-electron chi connectivity index (χ0n) is 10.6. The van der Waals surface area contributed by atoms with Crippen molar-refractivity contribution in [2.45, 2.75) is 25.7 Å². The van der Waals surface area contributed by atoms with E-state index in [4.69, 9.17) is 5.11 Å². The Hall–Kier alpha value is -1.07. The largest absolute Gasteiger partial charge is 0.508 e. The monoisotopic (exact) mass is 257 g/mol. The average Bonchev–Trinajstić information content (AvgIpc) is 2.15. The van der Waals surface area contributed by atoms with Gasteiger partial charge in [0.05, 0.1) is 4.90 Å². The van der Waals surface area contributed by atoms with Crippen molar-refractivity contribution in [3.63, 3.8) is 0 Å². The molecular formula is C12H19NO3S. The minimum atomic E-state index is -3.47. The normalized spacial score (nSPS) is 13.0. The van der Waals surface area contributed by atoms with Crippen LogP contribution in [0.1, 0.15) is 20.8 Å². The minimum Gasteiger partial charge on any atom is -0.508 e. The predicted molar refractivity (Wildman–Crippen MR) is 67.4 cm³/mol. The highest BCUT2D eigenvalue weighted by molar-refractivity contribution is 7.89. The van der Waals surface area contributed by atoms with Crippen molar-refractivity contribution in [1.29, 1.82) is 0 Å². The van der Waals surface area contributed by atoms with E-state index < -0.39 is 10.0 Å². The quantitative estimate of drug-likeness (QED) is 0.901. The van der Waals surface area contributed by atoms with E-state index in [1.807, 2.05) is 20.8 Å². The molecule has 0 saturated heterocycles. The first-order valence-corrected chi connectivity index (χ1v) is 6.82. The van der Waals surface area contributed by atoms with Gasteiger partial charge in [-0.15, -0.1) is 0 Å². The number of nitrogens with zero attached hydrogens (tertiary/aromatic N) is 1. The highest BCUT2D eigenvalue weighted by Crippen LogP contribution is 2.22. The molecule has 0 spiro atoms. The van der Waals surface area contributed by atoms with E-state index in [0.29, 0.717) is 6.54 Å². The summed E-state index contributed by atoms with van der Waals surface area (Å²) in [5.41, 5.74) is -0.0985. The second-order valence-corrected chi connectivity index (χ2v) is 7.36. The summed E-state index contributed by atoms with van der Waals surface area (Å²) < 4.78 is 25.7. The van der Waals surface area contributed by atoms with Gasteiger partial charge in [-0.25, -0.2) is 12.7 Å². The van der Waals surface area contributed by atoms with Crippen molar-refractivity contribution in [3.05, 3.63) is 24.3 Å². The summed E-state index contributed by atoms with van der Waals surface area (Å²) in [6.45, 7) is 6.39. The molecule has 0 saturated carbocycles. The van der Waals surface area contributed by atoms with Crippen LogP contribution in [0.5, 0.6) is 5.75 Å². The van der Waals surface area contributed by atoms with Gasteiger partial charge in [-0.05, 0) is 29.7 Å². The number of hydrogen-bond acceptors (Lipinski definition) is 3. The summed E-state index contributed by atoms with van der Waals surface area (Å²) in [6.07, 6.45) is 0. The lowest BCUT2D eigenvalue weighted by molar-refractivity contribution is 0.311. The molecule has 1 aromatic rings. The molecular weight excluding hydrogens is 238 g/mol. The molecule has 0 radical (unpaired) electrons. The maximum atomic E-state index is 12.2. The molecule has 17 heavy (non-hydrogen) atoms. The molecule has 0 fully saturated rings. The van der Waals surface area contributed by atoms with Gasteiger partial charge in [0.15, 0.2) is 0 Å². The minimum absolute atomic E-state index is 0.0578. The Labute approximate surface area is 103 Å². The molecule has 1 N–H and O–H groups in total. The van der Waals surface area contributed by atoms with Gasteiger partial charge in [0, 0.05) is 13.6 Å². The molecule has 0 unspecified atom stereocenters. The Balaban J connectivity index is 2.99. The van der Waals surface area contributed by atoms with Crippen LogP contribution in [0, 0.1) is 5.41 Å². The fourth-order valence-electron chi connectivity index (χ4n) is 1.55. The van der Waals surface area contributed by atoms with E-state index in [-0.39, 0.29) is 16.1 Å². The summed E-state index contributed by atoms with van der Waals surface area (Å²) in [5.74, 6) is 0.0578. The van der Waals surface area contributed by atoms with Crippen LogP contribution in [-0.4, -0.2) is 31.4 Å². The van der Waals surface area contributed by atoms with Gasteiger partial charge in [0.1, 0.15) is 5.75 Å². The molecule has 96 valence electrons. The smallest absolute Gasteiger partial charge is 0.242 e. The second kappa shape index (κ2) is 4.66. The first kappa shape index (κ1) is 14.0. The van der Waals surface area contributed by atoms with E-state index in [0.717, 1.165) is 0 Å². The van der Waals surface area contributed by atoms with E-state index in [9.17, 15) is 8.42 Å². The molecule has 5 heteroatoms. The van der Waals surface area contributed by atoms with Crippen molar-refractivity contribution in [1.82, 2.24) is 4.31 Å². The molecule has 0 aliphatic rings. The van der Waals surface area contributed by atoms with Gasteiger partial charge >= 0.3 is 0 Å². The highest BCUT2D eigenvalue weighted by atomic mass is 32.2. The number of rotatable bonds is 3. The van der Waals surface area contributed by atoms with Crippen molar-refractivity contribution in [3.8, 4) is 5.75 Å². The Morgan fingerprint density at radius 3 is 2.06 bits per heavy atom. The number of benzene rings is 1. The molecule has 0 atom stereocenters. The van der Waals surface area contributed by atoms with Gasteiger partial charge in [-0.3, -0.25) is 0 Å². The summed E-state index contributed by atoms with van der Waals surface area (Å²) in [4.78, 5) is 0.196. The summed E-state index contributed by atoms with van der Waals surface area (Å²) in [7, 11) is -1.90. The molecule has 1 aromatic carbocycles. The third kappa shape index (κ3) is 3.71. The van der Waals surface area contributed by atoms with Crippen LogP contribution < -0.4 is 0 Å². The fraction of sp³-hybridized carbons (Fsp3) is 0.500. The molecule has 0 amide bonds. The third-order valence-corrected chi connectivity index (χ3v) is 4.06. The first-order valence-electron chi connectivity index (χ1n) is 5.38. The number of hydrogen-bond donors (Lipinski definition) is 1. The molecule has 0 aliphatic heterocycles. The zero-order valence-corrected chi connectivity index (χ0v) is 11.5. The van der Waals surface area contributed by atoms with Crippen LogP contribution in [0.25, 0.3) is 0 Å². The molecule has 0 aliphatic carbocycles. The third-order valence-electron chi connectivity index (χ3n) is 2.24. The fourth-order valence-corrected chi connectivity index (χ4v) is 2.95. The van der Waals surface area contributed by atoms with Crippen LogP contribution in [0.15, 0.2) is 29.2 Å². The number of aromatic hydroxyl groups is 1. The number of phenolic OH excluding ortho intramolecular Hbond substituents is 1. The van der Waals surface area contributed by atoms with E-state index in [2.05, 4.69) is 0 Å². The maximum absolute atomic E-state index is 12.2. The maximum Gasteiger partial charge on any atom is 0.242 e. The predicted octanol–water partition coefficient (Wildman–Crippen LogP) is 2.06. The summed E-state index contributed by atoms with van der Waals surface area (Å²) in [5, 5.41) is 9.14. The Kier molecular flexibility index (Phi) is 3.84. The molecule has 4 nitrogen and oxygen atoms in total. The Bertz CT molecular complexity index is 471. The SMILES string of the molecule is CN(CC(C)(C)C)S(=O)(=O)c1ccc(O)cc1. The summed E-state index contributed by atoms with van der Waals surface area (Å²) in [6, 6.07) is 5.56. The van der Waals surface area contributed by atoms with E-state index >= 15 is 0 Å². The lowest BCUT2D eigenvalue weighted by atomic mass is 9.97. The van der Waals surface area contributed by atoms with Crippen molar-refractivity contribution >= 4 is 10.0 Å². The van der Waals surface area contributed by atoms with E-state index in [1.54, 1.807) is 7.05 Å². The van der Waals surface area contributed by atoms with Crippen LogP contribution in [0.3, 0.4) is 0 Å². The van der Waals surface area contributed by atoms with Crippen LogP contribution in [-0.2, 0) is 10.0 Å². The Morgan fingerprint density at radius 1 is 1.18 bits per heavy atom. The highest BCUT2D eigenvalue weighted by Gasteiger charge is 2.24. The lowest BCUT2D eigenvalue weighted by Crippen LogP contribution is -2.34.